The van der Waals surface area contributed by atoms with Gasteiger partial charge >= 0.3 is 0 Å². The number of nitrogens with one attached hydrogen (secondary N) is 1. The Kier molecular flexibility index (Phi) is 6.10. The molecular weight excluding hydrogens is 350 g/mol. The van der Waals surface area contributed by atoms with Gasteiger partial charge in [0.05, 0.1) is 13.7 Å². The summed E-state index contributed by atoms with van der Waals surface area (Å²) in [6.45, 7) is 3.92. The second-order valence-corrected chi connectivity index (χ2v) is 7.26. The third-order valence-corrected chi connectivity index (χ3v) is 5.24. The number of sulfonamides is 1. The maximum absolute atomic E-state index is 12.7. The van der Waals surface area contributed by atoms with E-state index in [1.165, 1.54) is 6.07 Å². The molecule has 1 atom stereocenters. The fourth-order valence-electron chi connectivity index (χ4n) is 2.22. The van der Waals surface area contributed by atoms with Gasteiger partial charge in [-0.05, 0) is 49.7 Å². The number of rotatable bonds is 7. The van der Waals surface area contributed by atoms with Gasteiger partial charge in [0.25, 0.3) is 0 Å². The molecule has 130 valence electrons. The largest absolute Gasteiger partial charge is 0.497 e. The molecule has 0 aliphatic heterocycles. The molecule has 0 heterocycles. The molecule has 0 aromatic heterocycles. The first-order chi connectivity index (χ1) is 11.4. The van der Waals surface area contributed by atoms with Crippen LogP contribution in [0, 0.1) is 0 Å². The van der Waals surface area contributed by atoms with Crippen molar-refractivity contribution in [2.75, 3.05) is 13.7 Å². The van der Waals surface area contributed by atoms with E-state index in [4.69, 9.17) is 21.1 Å². The summed E-state index contributed by atoms with van der Waals surface area (Å²) in [4.78, 5) is 0.0252. The van der Waals surface area contributed by atoms with Crippen LogP contribution in [0.1, 0.15) is 25.5 Å². The highest BCUT2D eigenvalue weighted by molar-refractivity contribution is 7.89. The van der Waals surface area contributed by atoms with Crippen LogP contribution in [-0.2, 0) is 10.0 Å². The first-order valence-corrected chi connectivity index (χ1v) is 9.32. The second-order valence-electron chi connectivity index (χ2n) is 5.14. The van der Waals surface area contributed by atoms with Crippen LogP contribution in [0.25, 0.3) is 0 Å². The summed E-state index contributed by atoms with van der Waals surface area (Å²) in [6, 6.07) is 11.3. The number of methoxy groups -OCH3 is 1. The Morgan fingerprint density at radius 2 is 1.83 bits per heavy atom. The average Bonchev–Trinajstić information content (AvgIpc) is 2.56. The molecule has 0 saturated carbocycles. The number of halogens is 1. The Bertz CT molecular complexity index is 791. The summed E-state index contributed by atoms with van der Waals surface area (Å²) in [5.41, 5.74) is 0.819. The van der Waals surface area contributed by atoms with Crippen LogP contribution in [0.2, 0.25) is 5.02 Å². The van der Waals surface area contributed by atoms with Gasteiger partial charge in [0.15, 0.2) is 0 Å². The lowest BCUT2D eigenvalue weighted by molar-refractivity contribution is 0.331. The van der Waals surface area contributed by atoms with Gasteiger partial charge in [-0.2, -0.15) is 0 Å². The van der Waals surface area contributed by atoms with Crippen molar-refractivity contribution in [1.29, 1.82) is 0 Å². The van der Waals surface area contributed by atoms with Gasteiger partial charge in [0.2, 0.25) is 10.0 Å². The maximum atomic E-state index is 12.7. The first kappa shape index (κ1) is 18.6. The quantitative estimate of drug-likeness (QED) is 0.806. The lowest BCUT2D eigenvalue weighted by atomic mass is 10.1. The lowest BCUT2D eigenvalue weighted by Crippen LogP contribution is -2.27. The standard InChI is InChI=1S/C17H20ClNO4S/c1-4-23-16-10-7-14(18)11-17(16)24(20,21)19-12(2)13-5-8-15(22-3)9-6-13/h5-12,19H,4H2,1-3H3/t12-/m0/s1. The molecule has 2 aromatic carbocycles. The Labute approximate surface area is 147 Å². The predicted molar refractivity (Wildman–Crippen MR) is 94.4 cm³/mol. The van der Waals surface area contributed by atoms with Crippen molar-refractivity contribution in [3.63, 3.8) is 0 Å². The van der Waals surface area contributed by atoms with Crippen molar-refractivity contribution in [2.45, 2.75) is 24.8 Å². The Morgan fingerprint density at radius 3 is 2.42 bits per heavy atom. The molecule has 7 heteroatoms. The normalized spacial score (nSPS) is 12.7. The van der Waals surface area contributed by atoms with Gasteiger partial charge in [0, 0.05) is 11.1 Å². The van der Waals surface area contributed by atoms with Crippen LogP contribution >= 0.6 is 11.6 Å². The van der Waals surface area contributed by atoms with E-state index < -0.39 is 16.1 Å². The smallest absolute Gasteiger partial charge is 0.244 e. The molecule has 0 bridgehead atoms. The molecule has 0 aliphatic carbocycles. The van der Waals surface area contributed by atoms with E-state index in [1.807, 2.05) is 12.1 Å². The number of ether oxygens (including phenoxy) is 2. The maximum Gasteiger partial charge on any atom is 0.244 e. The summed E-state index contributed by atoms with van der Waals surface area (Å²) < 4.78 is 38.6. The third-order valence-electron chi connectivity index (χ3n) is 3.44. The Balaban J connectivity index is 2.28. The van der Waals surface area contributed by atoms with Crippen molar-refractivity contribution in [2.24, 2.45) is 0 Å². The lowest BCUT2D eigenvalue weighted by Gasteiger charge is -2.17. The van der Waals surface area contributed by atoms with E-state index in [0.717, 1.165) is 5.56 Å². The van der Waals surface area contributed by atoms with Gasteiger partial charge in [-0.15, -0.1) is 0 Å². The van der Waals surface area contributed by atoms with Crippen molar-refractivity contribution >= 4 is 21.6 Å². The van der Waals surface area contributed by atoms with Crippen molar-refractivity contribution in [3.05, 3.63) is 53.1 Å². The molecule has 5 nitrogen and oxygen atoms in total. The summed E-state index contributed by atoms with van der Waals surface area (Å²) in [6.07, 6.45) is 0. The van der Waals surface area contributed by atoms with E-state index >= 15 is 0 Å². The highest BCUT2D eigenvalue weighted by Gasteiger charge is 2.23. The summed E-state index contributed by atoms with van der Waals surface area (Å²) >= 11 is 5.95. The first-order valence-electron chi connectivity index (χ1n) is 7.46. The number of hydrogen-bond donors (Lipinski definition) is 1. The summed E-state index contributed by atoms with van der Waals surface area (Å²) in [7, 11) is -2.21. The van der Waals surface area contributed by atoms with Gasteiger partial charge in [0.1, 0.15) is 16.4 Å². The van der Waals surface area contributed by atoms with Crippen molar-refractivity contribution < 1.29 is 17.9 Å². The van der Waals surface area contributed by atoms with Crippen LogP contribution < -0.4 is 14.2 Å². The van der Waals surface area contributed by atoms with Crippen LogP contribution in [-0.4, -0.2) is 22.1 Å². The molecule has 0 unspecified atom stereocenters. The minimum absolute atomic E-state index is 0.0252. The summed E-state index contributed by atoms with van der Waals surface area (Å²) in [5.74, 6) is 0.985. The van der Waals surface area contributed by atoms with E-state index in [0.29, 0.717) is 17.4 Å². The highest BCUT2D eigenvalue weighted by atomic mass is 35.5. The SMILES string of the molecule is CCOc1ccc(Cl)cc1S(=O)(=O)N[C@@H](C)c1ccc(OC)cc1. The minimum Gasteiger partial charge on any atom is -0.497 e. The molecular formula is C17H20ClNO4S. The minimum atomic E-state index is -3.79. The number of benzene rings is 2. The molecule has 2 rings (SSSR count). The molecule has 24 heavy (non-hydrogen) atoms. The molecule has 0 radical (unpaired) electrons. The monoisotopic (exact) mass is 369 g/mol. The third kappa shape index (κ3) is 4.41. The Hall–Kier alpha value is -1.76. The Morgan fingerprint density at radius 1 is 1.17 bits per heavy atom. The number of hydrogen-bond acceptors (Lipinski definition) is 4. The van der Waals surface area contributed by atoms with Crippen LogP contribution in [0.5, 0.6) is 11.5 Å². The van der Waals surface area contributed by atoms with Crippen LogP contribution in [0.4, 0.5) is 0 Å². The van der Waals surface area contributed by atoms with Crippen LogP contribution in [0.3, 0.4) is 0 Å². The summed E-state index contributed by atoms with van der Waals surface area (Å²) in [5, 5.41) is 0.330. The fraction of sp³-hybridized carbons (Fsp3) is 0.294. The van der Waals surface area contributed by atoms with Gasteiger partial charge in [-0.1, -0.05) is 23.7 Å². The molecule has 0 aliphatic rings. The van der Waals surface area contributed by atoms with E-state index in [-0.39, 0.29) is 10.6 Å². The van der Waals surface area contributed by atoms with Gasteiger partial charge in [-0.25, -0.2) is 13.1 Å². The zero-order chi connectivity index (χ0) is 17.7. The molecule has 2 aromatic rings. The van der Waals surface area contributed by atoms with Crippen molar-refractivity contribution in [3.8, 4) is 11.5 Å². The zero-order valence-electron chi connectivity index (χ0n) is 13.7. The van der Waals surface area contributed by atoms with E-state index in [9.17, 15) is 8.42 Å². The van der Waals surface area contributed by atoms with Gasteiger partial charge < -0.3 is 9.47 Å². The molecule has 0 saturated heterocycles. The van der Waals surface area contributed by atoms with Crippen molar-refractivity contribution in [1.82, 2.24) is 4.72 Å². The average molecular weight is 370 g/mol. The molecule has 0 spiro atoms. The van der Waals surface area contributed by atoms with Gasteiger partial charge in [-0.3, -0.25) is 0 Å². The zero-order valence-corrected chi connectivity index (χ0v) is 15.3. The van der Waals surface area contributed by atoms with E-state index in [1.54, 1.807) is 45.2 Å². The second kappa shape index (κ2) is 7.88. The topological polar surface area (TPSA) is 64.6 Å². The highest BCUT2D eigenvalue weighted by Crippen LogP contribution is 2.29. The van der Waals surface area contributed by atoms with E-state index in [2.05, 4.69) is 4.72 Å². The van der Waals surface area contributed by atoms with Crippen LogP contribution in [0.15, 0.2) is 47.4 Å². The predicted octanol–water partition coefficient (Wildman–Crippen LogP) is 3.79. The molecule has 0 amide bonds. The fourth-order valence-corrected chi connectivity index (χ4v) is 3.86. The molecule has 0 fully saturated rings. The molecule has 1 N–H and O–H groups in total.